The fourth-order valence-electron chi connectivity index (χ4n) is 5.21. The number of thiazole rings is 1. The van der Waals surface area contributed by atoms with Crippen LogP contribution in [0.4, 0.5) is 0 Å². The van der Waals surface area contributed by atoms with E-state index in [-0.39, 0.29) is 11.1 Å². The number of methoxy groups -OCH3 is 2. The Morgan fingerprint density at radius 1 is 0.933 bits per heavy atom. The summed E-state index contributed by atoms with van der Waals surface area (Å²) in [6.07, 6.45) is 3.68. The lowest BCUT2D eigenvalue weighted by Crippen LogP contribution is -2.39. The summed E-state index contributed by atoms with van der Waals surface area (Å²) >= 11 is 1.22. The number of rotatable bonds is 7. The minimum atomic E-state index is -0.810. The average molecular weight is 621 g/mol. The summed E-state index contributed by atoms with van der Waals surface area (Å²) in [5, 5.41) is 4.88. The number of hydrogen-bond acceptors (Lipinski definition) is 9. The van der Waals surface area contributed by atoms with Gasteiger partial charge in [-0.25, -0.2) is 14.5 Å². The fourth-order valence-corrected chi connectivity index (χ4v) is 6.25. The van der Waals surface area contributed by atoms with Crippen molar-refractivity contribution in [1.29, 1.82) is 0 Å². The second-order valence-corrected chi connectivity index (χ2v) is 11.2. The second-order valence-electron chi connectivity index (χ2n) is 10.2. The van der Waals surface area contributed by atoms with E-state index < -0.39 is 18.0 Å². The Balaban J connectivity index is 1.53. The van der Waals surface area contributed by atoms with Gasteiger partial charge in [0.25, 0.3) is 5.56 Å². The molecule has 1 aliphatic heterocycles. The molecule has 1 atom stereocenters. The van der Waals surface area contributed by atoms with Crippen LogP contribution < -0.4 is 24.4 Å². The van der Waals surface area contributed by atoms with E-state index in [0.717, 1.165) is 16.8 Å². The summed E-state index contributed by atoms with van der Waals surface area (Å²) in [7, 11) is 2.90. The van der Waals surface area contributed by atoms with Crippen LogP contribution in [-0.4, -0.2) is 40.5 Å². The van der Waals surface area contributed by atoms with Gasteiger partial charge in [-0.15, -0.1) is 0 Å². The first kappa shape index (κ1) is 29.5. The maximum atomic E-state index is 14.2. The molecule has 3 heterocycles. The van der Waals surface area contributed by atoms with Crippen molar-refractivity contribution < 1.29 is 23.8 Å². The molecule has 0 bridgehead atoms. The molecule has 6 rings (SSSR count). The van der Waals surface area contributed by atoms with Crippen LogP contribution >= 0.6 is 11.3 Å². The van der Waals surface area contributed by atoms with E-state index in [9.17, 15) is 14.4 Å². The predicted molar refractivity (Wildman–Crippen MR) is 169 cm³/mol. The number of ether oxygens (including phenoxy) is 3. The standard InChI is InChI=1S/C34H28N4O6S/c1-20-29(33(41)43-4)31(23-12-16-27(17-13-23)44-21(2)39)38-32(40)28(45-34(38)35-20)18-24-19-37(25-8-6-5-7-9-25)36-30(24)22-10-14-26(42-3)15-11-22/h5-19,31H,1-4H3/b28-18-/t31-/m0/s1. The van der Waals surface area contributed by atoms with E-state index in [4.69, 9.17) is 19.3 Å². The molecule has 0 N–H and O–H groups in total. The Kier molecular flexibility index (Phi) is 8.01. The van der Waals surface area contributed by atoms with Gasteiger partial charge in [0.1, 0.15) is 17.2 Å². The quantitative estimate of drug-likeness (QED) is 0.198. The Morgan fingerprint density at radius 3 is 2.27 bits per heavy atom. The lowest BCUT2D eigenvalue weighted by atomic mass is 9.96. The van der Waals surface area contributed by atoms with Gasteiger partial charge in [0.2, 0.25) is 0 Å². The SMILES string of the molecule is COC(=O)C1=C(C)N=c2s/c(=C\c3cn(-c4ccccc4)nc3-c3ccc(OC)cc3)c(=O)n2[C@H]1c1ccc(OC(C)=O)cc1. The molecule has 226 valence electrons. The van der Waals surface area contributed by atoms with Gasteiger partial charge in [-0.2, -0.15) is 5.10 Å². The second kappa shape index (κ2) is 12.2. The normalized spacial score (nSPS) is 14.5. The van der Waals surface area contributed by atoms with E-state index >= 15 is 0 Å². The van der Waals surface area contributed by atoms with Crippen molar-refractivity contribution in [3.05, 3.63) is 127 Å². The van der Waals surface area contributed by atoms with Gasteiger partial charge in [-0.05, 0) is 67.1 Å². The third-order valence-corrected chi connectivity index (χ3v) is 8.28. The molecule has 0 radical (unpaired) electrons. The maximum Gasteiger partial charge on any atom is 0.338 e. The minimum Gasteiger partial charge on any atom is -0.497 e. The zero-order chi connectivity index (χ0) is 31.7. The molecule has 0 saturated carbocycles. The molecule has 0 aliphatic carbocycles. The van der Waals surface area contributed by atoms with Gasteiger partial charge >= 0.3 is 11.9 Å². The molecule has 11 heteroatoms. The summed E-state index contributed by atoms with van der Waals surface area (Å²) in [5.41, 5.74) is 4.10. The van der Waals surface area contributed by atoms with Gasteiger partial charge in [-0.1, -0.05) is 41.7 Å². The molecule has 0 spiro atoms. The van der Waals surface area contributed by atoms with Crippen LogP contribution in [0.2, 0.25) is 0 Å². The van der Waals surface area contributed by atoms with Crippen LogP contribution in [0, 0.1) is 0 Å². The largest absolute Gasteiger partial charge is 0.497 e. The number of para-hydroxylation sites is 1. The van der Waals surface area contributed by atoms with Crippen molar-refractivity contribution in [3.63, 3.8) is 0 Å². The van der Waals surface area contributed by atoms with E-state index in [1.165, 1.54) is 29.9 Å². The summed E-state index contributed by atoms with van der Waals surface area (Å²) in [4.78, 5) is 43.7. The maximum absolute atomic E-state index is 14.2. The molecule has 0 amide bonds. The molecule has 5 aromatic rings. The highest BCUT2D eigenvalue weighted by Crippen LogP contribution is 2.32. The van der Waals surface area contributed by atoms with Crippen LogP contribution in [0.3, 0.4) is 0 Å². The number of benzene rings is 3. The number of allylic oxidation sites excluding steroid dienone is 1. The number of aromatic nitrogens is 3. The topological polar surface area (TPSA) is 114 Å². The van der Waals surface area contributed by atoms with Gasteiger partial charge in [-0.3, -0.25) is 14.2 Å². The van der Waals surface area contributed by atoms with Crippen LogP contribution in [0.5, 0.6) is 11.5 Å². The van der Waals surface area contributed by atoms with Gasteiger partial charge in [0.15, 0.2) is 4.80 Å². The van der Waals surface area contributed by atoms with Crippen molar-refractivity contribution in [2.45, 2.75) is 19.9 Å². The van der Waals surface area contributed by atoms with Crippen molar-refractivity contribution in [2.24, 2.45) is 4.99 Å². The van der Waals surface area contributed by atoms with E-state index in [1.807, 2.05) is 60.8 Å². The molecule has 10 nitrogen and oxygen atoms in total. The van der Waals surface area contributed by atoms with Gasteiger partial charge in [0.05, 0.1) is 41.8 Å². The monoisotopic (exact) mass is 620 g/mol. The van der Waals surface area contributed by atoms with Gasteiger partial charge < -0.3 is 14.2 Å². The first-order valence-corrected chi connectivity index (χ1v) is 14.8. The summed E-state index contributed by atoms with van der Waals surface area (Å²) in [5.74, 6) is 0.0195. The summed E-state index contributed by atoms with van der Waals surface area (Å²) < 4.78 is 19.3. The minimum absolute atomic E-state index is 0.243. The average Bonchev–Trinajstić information content (AvgIpc) is 3.61. The van der Waals surface area contributed by atoms with Crippen LogP contribution in [0.1, 0.15) is 31.0 Å². The van der Waals surface area contributed by atoms with Crippen LogP contribution in [-0.2, 0) is 14.3 Å². The number of carbonyl (C=O) groups is 2. The number of hydrogen-bond donors (Lipinski definition) is 0. The molecule has 1 aliphatic rings. The summed E-state index contributed by atoms with van der Waals surface area (Å²) in [6, 6.07) is 23.1. The highest BCUT2D eigenvalue weighted by molar-refractivity contribution is 7.07. The molecule has 45 heavy (non-hydrogen) atoms. The van der Waals surface area contributed by atoms with E-state index in [2.05, 4.69) is 4.99 Å². The molecular formula is C34H28N4O6S. The Bertz CT molecular complexity index is 2130. The molecule has 2 aromatic heterocycles. The first-order chi connectivity index (χ1) is 21.8. The lowest BCUT2D eigenvalue weighted by Gasteiger charge is -2.24. The van der Waals surface area contributed by atoms with Crippen molar-refractivity contribution in [2.75, 3.05) is 14.2 Å². The summed E-state index contributed by atoms with van der Waals surface area (Å²) in [6.45, 7) is 3.03. The zero-order valence-electron chi connectivity index (χ0n) is 24.9. The fraction of sp³-hybridized carbons (Fsp3) is 0.147. The predicted octanol–water partition coefficient (Wildman–Crippen LogP) is 4.19. The Hall–Kier alpha value is -5.55. The number of esters is 2. The van der Waals surface area contributed by atoms with Crippen molar-refractivity contribution in [3.8, 4) is 28.4 Å². The third kappa shape index (κ3) is 5.73. The lowest BCUT2D eigenvalue weighted by molar-refractivity contribution is -0.136. The number of nitrogens with zero attached hydrogens (tertiary/aromatic N) is 4. The highest BCUT2D eigenvalue weighted by atomic mass is 32.1. The van der Waals surface area contributed by atoms with Crippen LogP contribution in [0.15, 0.2) is 106 Å². The number of carbonyl (C=O) groups excluding carboxylic acids is 2. The van der Waals surface area contributed by atoms with E-state index in [1.54, 1.807) is 49.1 Å². The number of fused-ring (bicyclic) bond motifs is 1. The molecule has 3 aromatic carbocycles. The third-order valence-electron chi connectivity index (χ3n) is 7.30. The molecule has 0 saturated heterocycles. The molecule has 0 fully saturated rings. The zero-order valence-corrected chi connectivity index (χ0v) is 25.7. The Labute approximate surface area is 261 Å². The highest BCUT2D eigenvalue weighted by Gasteiger charge is 2.33. The van der Waals surface area contributed by atoms with Crippen molar-refractivity contribution >= 4 is 29.4 Å². The van der Waals surface area contributed by atoms with Crippen molar-refractivity contribution in [1.82, 2.24) is 14.3 Å². The van der Waals surface area contributed by atoms with E-state index in [0.29, 0.717) is 37.8 Å². The van der Waals surface area contributed by atoms with Crippen LogP contribution in [0.25, 0.3) is 23.0 Å². The smallest absolute Gasteiger partial charge is 0.338 e. The van der Waals surface area contributed by atoms with Gasteiger partial charge in [0, 0.05) is 24.2 Å². The Morgan fingerprint density at radius 2 is 1.62 bits per heavy atom. The molecular weight excluding hydrogens is 592 g/mol. The molecule has 0 unspecified atom stereocenters. The first-order valence-electron chi connectivity index (χ1n) is 14.0.